The van der Waals surface area contributed by atoms with Crippen LogP contribution in [-0.2, 0) is 4.79 Å². The van der Waals surface area contributed by atoms with Crippen LogP contribution < -0.4 is 5.32 Å². The zero-order chi connectivity index (χ0) is 14.6. The standard InChI is InChI=1S/C10H15F3N2O3S/c1-6-15(7(5-19-6)8(16)17)9(18)14-4-2-3-10(11,12)13/h6-7H,2-5H2,1H3,(H,14,18)(H,16,17). The molecule has 9 heteroatoms. The Hall–Kier alpha value is -1.12. The first kappa shape index (κ1) is 15.9. The zero-order valence-corrected chi connectivity index (χ0v) is 11.1. The van der Waals surface area contributed by atoms with Gasteiger partial charge in [0.1, 0.15) is 6.04 Å². The summed E-state index contributed by atoms with van der Waals surface area (Å²) in [5.74, 6) is -0.825. The minimum Gasteiger partial charge on any atom is -0.480 e. The van der Waals surface area contributed by atoms with Crippen molar-refractivity contribution in [2.45, 2.75) is 37.4 Å². The number of halogens is 3. The van der Waals surface area contributed by atoms with E-state index in [9.17, 15) is 22.8 Å². The van der Waals surface area contributed by atoms with Crippen LogP contribution >= 0.6 is 11.8 Å². The van der Waals surface area contributed by atoms with Crippen molar-refractivity contribution in [2.75, 3.05) is 12.3 Å². The third kappa shape index (κ3) is 4.81. The Bertz CT molecular complexity index is 351. The van der Waals surface area contributed by atoms with Crippen LogP contribution in [0.4, 0.5) is 18.0 Å². The Balaban J connectivity index is 2.42. The van der Waals surface area contributed by atoms with Gasteiger partial charge in [0.15, 0.2) is 0 Å². The fraction of sp³-hybridized carbons (Fsp3) is 0.800. The van der Waals surface area contributed by atoms with Crippen LogP contribution in [0.1, 0.15) is 19.8 Å². The highest BCUT2D eigenvalue weighted by atomic mass is 32.2. The van der Waals surface area contributed by atoms with E-state index in [-0.39, 0.29) is 24.1 Å². The van der Waals surface area contributed by atoms with Crippen molar-refractivity contribution >= 4 is 23.8 Å². The summed E-state index contributed by atoms with van der Waals surface area (Å²) < 4.78 is 35.7. The first-order chi connectivity index (χ1) is 8.72. The van der Waals surface area contributed by atoms with Gasteiger partial charge in [-0.15, -0.1) is 11.8 Å². The van der Waals surface area contributed by atoms with Crippen molar-refractivity contribution in [3.8, 4) is 0 Å². The number of carboxylic acid groups (broad SMARTS) is 1. The number of nitrogens with one attached hydrogen (secondary N) is 1. The molecule has 1 aliphatic heterocycles. The maximum absolute atomic E-state index is 11.9. The molecule has 0 bridgehead atoms. The van der Waals surface area contributed by atoms with Gasteiger partial charge in [0.05, 0.1) is 5.37 Å². The van der Waals surface area contributed by atoms with Crippen LogP contribution in [0, 0.1) is 0 Å². The molecule has 0 aliphatic carbocycles. The highest BCUT2D eigenvalue weighted by Gasteiger charge is 2.39. The predicted molar refractivity (Wildman–Crippen MR) is 63.9 cm³/mol. The summed E-state index contributed by atoms with van der Waals surface area (Å²) in [6.45, 7) is 1.56. The lowest BCUT2D eigenvalue weighted by molar-refractivity contribution is -0.141. The number of thioether (sulfide) groups is 1. The largest absolute Gasteiger partial charge is 0.480 e. The van der Waals surface area contributed by atoms with E-state index in [1.165, 1.54) is 11.8 Å². The molecule has 0 saturated carbocycles. The van der Waals surface area contributed by atoms with Crippen LogP contribution in [0.15, 0.2) is 0 Å². The van der Waals surface area contributed by atoms with Gasteiger partial charge >= 0.3 is 18.2 Å². The van der Waals surface area contributed by atoms with Gasteiger partial charge in [-0.1, -0.05) is 0 Å². The minimum atomic E-state index is -4.24. The topological polar surface area (TPSA) is 69.6 Å². The molecule has 2 unspecified atom stereocenters. The van der Waals surface area contributed by atoms with Crippen LogP contribution in [0.2, 0.25) is 0 Å². The highest BCUT2D eigenvalue weighted by molar-refractivity contribution is 8.00. The predicted octanol–water partition coefficient (Wildman–Crippen LogP) is 1.89. The maximum Gasteiger partial charge on any atom is 0.389 e. The van der Waals surface area contributed by atoms with E-state index in [1.807, 2.05) is 0 Å². The van der Waals surface area contributed by atoms with Gasteiger partial charge in [0.25, 0.3) is 0 Å². The number of carboxylic acids is 1. The van der Waals surface area contributed by atoms with Gasteiger partial charge in [0.2, 0.25) is 0 Å². The van der Waals surface area contributed by atoms with E-state index in [1.54, 1.807) is 6.92 Å². The number of alkyl halides is 3. The molecule has 2 N–H and O–H groups in total. The molecule has 0 aromatic heterocycles. The second-order valence-corrected chi connectivity index (χ2v) is 5.49. The maximum atomic E-state index is 11.9. The summed E-state index contributed by atoms with van der Waals surface area (Å²) in [7, 11) is 0. The number of hydrogen-bond acceptors (Lipinski definition) is 3. The molecule has 5 nitrogen and oxygen atoms in total. The van der Waals surface area contributed by atoms with Crippen LogP contribution in [0.5, 0.6) is 0 Å². The lowest BCUT2D eigenvalue weighted by Crippen LogP contribution is -2.49. The quantitative estimate of drug-likeness (QED) is 0.778. The number of urea groups is 1. The molecule has 19 heavy (non-hydrogen) atoms. The summed E-state index contributed by atoms with van der Waals surface area (Å²) in [5.41, 5.74) is 0. The fourth-order valence-electron chi connectivity index (χ4n) is 1.72. The number of hydrogen-bond donors (Lipinski definition) is 2. The number of aliphatic carboxylic acids is 1. The van der Waals surface area contributed by atoms with E-state index in [0.717, 1.165) is 4.90 Å². The molecule has 0 spiro atoms. The Morgan fingerprint density at radius 1 is 1.47 bits per heavy atom. The van der Waals surface area contributed by atoms with Crippen molar-refractivity contribution in [3.63, 3.8) is 0 Å². The van der Waals surface area contributed by atoms with Crippen molar-refractivity contribution in [2.24, 2.45) is 0 Å². The summed E-state index contributed by atoms with van der Waals surface area (Å²) in [6, 6.07) is -1.56. The summed E-state index contributed by atoms with van der Waals surface area (Å²) in [6.07, 6.45) is -5.44. The summed E-state index contributed by atoms with van der Waals surface area (Å²) in [4.78, 5) is 23.8. The molecule has 0 radical (unpaired) electrons. The second-order valence-electron chi connectivity index (χ2n) is 4.14. The van der Waals surface area contributed by atoms with Gasteiger partial charge in [-0.25, -0.2) is 9.59 Å². The molecule has 0 aromatic rings. The van der Waals surface area contributed by atoms with Gasteiger partial charge in [-0.05, 0) is 13.3 Å². The number of carbonyl (C=O) groups excluding carboxylic acids is 1. The first-order valence-electron chi connectivity index (χ1n) is 5.69. The molecule has 1 fully saturated rings. The Morgan fingerprint density at radius 3 is 2.63 bits per heavy atom. The smallest absolute Gasteiger partial charge is 0.389 e. The molecule has 1 rings (SSSR count). The molecule has 2 atom stereocenters. The van der Waals surface area contributed by atoms with Crippen LogP contribution in [0.3, 0.4) is 0 Å². The van der Waals surface area contributed by atoms with E-state index in [4.69, 9.17) is 5.11 Å². The molecule has 2 amide bonds. The average molecular weight is 300 g/mol. The normalized spacial score (nSPS) is 23.5. The van der Waals surface area contributed by atoms with Gasteiger partial charge in [0, 0.05) is 18.7 Å². The summed E-state index contributed by atoms with van der Waals surface area (Å²) in [5, 5.41) is 11.0. The number of amides is 2. The van der Waals surface area contributed by atoms with Gasteiger partial charge in [-0.2, -0.15) is 13.2 Å². The van der Waals surface area contributed by atoms with E-state index in [2.05, 4.69) is 5.32 Å². The van der Waals surface area contributed by atoms with E-state index in [0.29, 0.717) is 0 Å². The lowest BCUT2D eigenvalue weighted by atomic mass is 10.3. The third-order valence-corrected chi connectivity index (χ3v) is 3.87. The number of rotatable bonds is 4. The Morgan fingerprint density at radius 2 is 2.11 bits per heavy atom. The molecule has 1 saturated heterocycles. The second kappa shape index (κ2) is 6.36. The molecular formula is C10H15F3N2O3S. The van der Waals surface area contributed by atoms with Crippen LogP contribution in [-0.4, -0.2) is 51.9 Å². The van der Waals surface area contributed by atoms with Crippen molar-refractivity contribution in [1.29, 1.82) is 0 Å². The molecule has 0 aromatic carbocycles. The van der Waals surface area contributed by atoms with E-state index >= 15 is 0 Å². The Kier molecular flexibility index (Phi) is 5.33. The van der Waals surface area contributed by atoms with Crippen molar-refractivity contribution in [3.05, 3.63) is 0 Å². The monoisotopic (exact) mass is 300 g/mol. The average Bonchev–Trinajstić information content (AvgIpc) is 2.65. The summed E-state index contributed by atoms with van der Waals surface area (Å²) >= 11 is 1.32. The molecule has 110 valence electrons. The highest BCUT2D eigenvalue weighted by Crippen LogP contribution is 2.28. The van der Waals surface area contributed by atoms with Gasteiger partial charge in [-0.3, -0.25) is 4.90 Å². The lowest BCUT2D eigenvalue weighted by Gasteiger charge is -2.25. The van der Waals surface area contributed by atoms with Gasteiger partial charge < -0.3 is 10.4 Å². The zero-order valence-electron chi connectivity index (χ0n) is 10.2. The first-order valence-corrected chi connectivity index (χ1v) is 6.74. The van der Waals surface area contributed by atoms with Crippen LogP contribution in [0.25, 0.3) is 0 Å². The molecule has 1 aliphatic rings. The molecule has 1 heterocycles. The number of carbonyl (C=O) groups is 2. The third-order valence-electron chi connectivity index (χ3n) is 2.66. The van der Waals surface area contributed by atoms with Crippen molar-refractivity contribution in [1.82, 2.24) is 10.2 Å². The minimum absolute atomic E-state index is 0.126. The fourth-order valence-corrected chi connectivity index (χ4v) is 2.88. The number of nitrogens with zero attached hydrogens (tertiary/aromatic N) is 1. The Labute approximate surface area is 112 Å². The SMILES string of the molecule is CC1SCC(C(=O)O)N1C(=O)NCCCC(F)(F)F. The van der Waals surface area contributed by atoms with E-state index < -0.39 is 30.6 Å². The van der Waals surface area contributed by atoms with Crippen molar-refractivity contribution < 1.29 is 27.9 Å². The molecular weight excluding hydrogens is 285 g/mol.